The zero-order valence-corrected chi connectivity index (χ0v) is 13.2. The smallest absolute Gasteiger partial charge is 0.199 e. The minimum atomic E-state index is 0.0358. The van der Waals surface area contributed by atoms with Crippen molar-refractivity contribution >= 4 is 28.0 Å². The number of ether oxygens (including phenoxy) is 1. The first kappa shape index (κ1) is 14.3. The maximum absolute atomic E-state index is 10.5. The van der Waals surface area contributed by atoms with Crippen molar-refractivity contribution in [2.45, 2.75) is 0 Å². The summed E-state index contributed by atoms with van der Waals surface area (Å²) in [4.78, 5) is 12.6. The summed E-state index contributed by atoms with van der Waals surface area (Å²) in [6.45, 7) is 0. The Hall–Kier alpha value is -3.28. The van der Waals surface area contributed by atoms with Gasteiger partial charge in [0.05, 0.1) is 18.4 Å². The first-order chi connectivity index (χ1) is 11.7. The van der Waals surface area contributed by atoms with E-state index >= 15 is 0 Å². The summed E-state index contributed by atoms with van der Waals surface area (Å²) in [6.07, 6.45) is 0. The van der Waals surface area contributed by atoms with Gasteiger partial charge in [0.1, 0.15) is 24.3 Å². The van der Waals surface area contributed by atoms with Gasteiger partial charge < -0.3 is 19.7 Å². The zero-order valence-electron chi connectivity index (χ0n) is 13.2. The van der Waals surface area contributed by atoms with E-state index in [0.717, 1.165) is 22.2 Å². The molecule has 1 aromatic heterocycles. The van der Waals surface area contributed by atoms with E-state index in [9.17, 15) is 5.11 Å². The van der Waals surface area contributed by atoms with E-state index in [4.69, 9.17) is 9.57 Å². The Kier molecular flexibility index (Phi) is 3.23. The summed E-state index contributed by atoms with van der Waals surface area (Å²) in [5, 5.41) is 15.4. The number of oxime groups is 1. The number of rotatable bonds is 3. The summed E-state index contributed by atoms with van der Waals surface area (Å²) in [6, 6.07) is 13.2. The average Bonchev–Trinajstić information content (AvgIpc) is 3.11. The molecule has 0 radical (unpaired) electrons. The molecule has 2 aromatic carbocycles. The number of H-pyrrole nitrogens is 1. The van der Waals surface area contributed by atoms with Crippen LogP contribution in [0.2, 0.25) is 0 Å². The van der Waals surface area contributed by atoms with Crippen LogP contribution in [0.1, 0.15) is 11.1 Å². The molecule has 0 unspecified atom stereocenters. The number of aromatic nitrogens is 1. The molecule has 0 bridgehead atoms. The highest BCUT2D eigenvalue weighted by molar-refractivity contribution is 6.58. The van der Waals surface area contributed by atoms with Crippen LogP contribution < -0.4 is 4.74 Å². The Balaban J connectivity index is 1.98. The van der Waals surface area contributed by atoms with Crippen LogP contribution in [0.4, 0.5) is 5.69 Å². The van der Waals surface area contributed by atoms with Gasteiger partial charge in [0.25, 0.3) is 0 Å². The number of fused-ring (bicyclic) bond motifs is 2. The van der Waals surface area contributed by atoms with Crippen LogP contribution >= 0.6 is 0 Å². The number of hydrogen-bond acceptors (Lipinski definition) is 5. The summed E-state index contributed by atoms with van der Waals surface area (Å²) >= 11 is 0. The topological polar surface area (TPSA) is 79.2 Å². The summed E-state index contributed by atoms with van der Waals surface area (Å²) in [5.41, 5.74) is 4.18. The molecule has 2 heterocycles. The van der Waals surface area contributed by atoms with Crippen molar-refractivity contribution < 1.29 is 14.7 Å². The average molecular weight is 321 g/mol. The second kappa shape index (κ2) is 5.42. The molecule has 120 valence electrons. The normalized spacial score (nSPS) is 14.8. The van der Waals surface area contributed by atoms with Gasteiger partial charge in [0.15, 0.2) is 5.88 Å². The largest absolute Gasteiger partial charge is 0.497 e. The van der Waals surface area contributed by atoms with Crippen molar-refractivity contribution in [2.24, 2.45) is 10.1 Å². The Labute approximate surface area is 138 Å². The number of aliphatic imine (C=N–C) groups is 1. The second-order valence-electron chi connectivity index (χ2n) is 5.36. The minimum Gasteiger partial charge on any atom is -0.497 e. The molecule has 2 N–H and O–H groups in total. The SMILES string of the molecule is CO/N=C1/C(c2c(O)[nH]c3ccc(OC)cc23)=Nc2ccccc21. The summed E-state index contributed by atoms with van der Waals surface area (Å²) < 4.78 is 5.30. The van der Waals surface area contributed by atoms with Gasteiger partial charge in [-0.15, -0.1) is 0 Å². The molecule has 24 heavy (non-hydrogen) atoms. The van der Waals surface area contributed by atoms with Crippen molar-refractivity contribution in [1.82, 2.24) is 4.98 Å². The summed E-state index contributed by atoms with van der Waals surface area (Å²) in [5.74, 6) is 0.734. The highest BCUT2D eigenvalue weighted by atomic mass is 16.6. The number of nitrogens with one attached hydrogen (secondary N) is 1. The molecule has 0 saturated heterocycles. The third-order valence-corrected chi connectivity index (χ3v) is 4.02. The number of methoxy groups -OCH3 is 1. The van der Waals surface area contributed by atoms with E-state index in [1.54, 1.807) is 7.11 Å². The van der Waals surface area contributed by atoms with Crippen LogP contribution in [0, 0.1) is 0 Å². The van der Waals surface area contributed by atoms with Crippen molar-refractivity contribution in [3.8, 4) is 11.6 Å². The van der Waals surface area contributed by atoms with Crippen LogP contribution in [-0.2, 0) is 4.84 Å². The van der Waals surface area contributed by atoms with Crippen molar-refractivity contribution in [2.75, 3.05) is 14.2 Å². The molecular formula is C18H15N3O3. The highest BCUT2D eigenvalue weighted by Crippen LogP contribution is 2.36. The maximum atomic E-state index is 10.5. The van der Waals surface area contributed by atoms with Crippen LogP contribution in [0.3, 0.4) is 0 Å². The van der Waals surface area contributed by atoms with E-state index in [1.807, 2.05) is 42.5 Å². The molecule has 3 aromatic rings. The predicted octanol–water partition coefficient (Wildman–Crippen LogP) is 3.37. The van der Waals surface area contributed by atoms with E-state index in [-0.39, 0.29) is 5.88 Å². The lowest BCUT2D eigenvalue weighted by molar-refractivity contribution is 0.214. The molecule has 0 spiro atoms. The van der Waals surface area contributed by atoms with Gasteiger partial charge in [-0.25, -0.2) is 4.99 Å². The first-order valence-corrected chi connectivity index (χ1v) is 7.41. The number of nitrogens with zero attached hydrogens (tertiary/aromatic N) is 2. The van der Waals surface area contributed by atoms with E-state index in [0.29, 0.717) is 22.7 Å². The number of aromatic amines is 1. The van der Waals surface area contributed by atoms with Gasteiger partial charge in [-0.1, -0.05) is 23.4 Å². The standard InChI is InChI=1S/C18H15N3O3/c1-23-10-7-8-14-12(9-10)15(18(22)20-14)17-16(21-24-2)11-5-3-4-6-13(11)19-17/h3-9,20,22H,1-2H3/b21-16+. The lowest BCUT2D eigenvalue weighted by atomic mass is 10.0. The highest BCUT2D eigenvalue weighted by Gasteiger charge is 2.29. The quantitative estimate of drug-likeness (QED) is 0.726. The summed E-state index contributed by atoms with van der Waals surface area (Å²) in [7, 11) is 3.10. The number of aromatic hydroxyl groups is 1. The van der Waals surface area contributed by atoms with Gasteiger partial charge >= 0.3 is 0 Å². The third kappa shape index (κ3) is 2.04. The molecule has 0 atom stereocenters. The monoisotopic (exact) mass is 321 g/mol. The molecule has 0 amide bonds. The molecule has 1 aliphatic rings. The third-order valence-electron chi connectivity index (χ3n) is 4.02. The Morgan fingerprint density at radius 3 is 2.75 bits per heavy atom. The molecule has 1 aliphatic heterocycles. The molecule has 0 fully saturated rings. The van der Waals surface area contributed by atoms with Gasteiger partial charge in [-0.3, -0.25) is 0 Å². The first-order valence-electron chi connectivity index (χ1n) is 7.41. The number of para-hydroxylation sites is 1. The molecule has 6 heteroatoms. The van der Waals surface area contributed by atoms with Crippen LogP contribution in [-0.4, -0.2) is 35.7 Å². The Bertz CT molecular complexity index is 1000. The predicted molar refractivity (Wildman–Crippen MR) is 92.7 cm³/mol. The van der Waals surface area contributed by atoms with Crippen LogP contribution in [0.25, 0.3) is 10.9 Å². The molecule has 0 aliphatic carbocycles. The van der Waals surface area contributed by atoms with Crippen molar-refractivity contribution in [3.63, 3.8) is 0 Å². The van der Waals surface area contributed by atoms with E-state index in [2.05, 4.69) is 15.1 Å². The minimum absolute atomic E-state index is 0.0358. The molecule has 0 saturated carbocycles. The Morgan fingerprint density at radius 2 is 1.96 bits per heavy atom. The Morgan fingerprint density at radius 1 is 1.12 bits per heavy atom. The fourth-order valence-electron chi connectivity index (χ4n) is 2.95. The number of hydrogen-bond donors (Lipinski definition) is 2. The number of benzene rings is 2. The molecular weight excluding hydrogens is 306 g/mol. The van der Waals surface area contributed by atoms with Gasteiger partial charge in [0.2, 0.25) is 0 Å². The lowest BCUT2D eigenvalue weighted by Gasteiger charge is -2.04. The van der Waals surface area contributed by atoms with E-state index in [1.165, 1.54) is 7.11 Å². The van der Waals surface area contributed by atoms with Gasteiger partial charge in [-0.2, -0.15) is 0 Å². The fraction of sp³-hybridized carbons (Fsp3) is 0.111. The van der Waals surface area contributed by atoms with Crippen LogP contribution in [0.5, 0.6) is 11.6 Å². The van der Waals surface area contributed by atoms with Gasteiger partial charge in [-0.05, 0) is 24.3 Å². The van der Waals surface area contributed by atoms with Gasteiger partial charge in [0, 0.05) is 16.5 Å². The second-order valence-corrected chi connectivity index (χ2v) is 5.36. The molecule has 4 rings (SSSR count). The van der Waals surface area contributed by atoms with E-state index < -0.39 is 0 Å². The fourth-order valence-corrected chi connectivity index (χ4v) is 2.95. The van der Waals surface area contributed by atoms with Crippen LogP contribution in [0.15, 0.2) is 52.6 Å². The molecule has 6 nitrogen and oxygen atoms in total. The van der Waals surface area contributed by atoms with Crippen molar-refractivity contribution in [3.05, 3.63) is 53.6 Å². The zero-order chi connectivity index (χ0) is 16.7. The maximum Gasteiger partial charge on any atom is 0.199 e. The van der Waals surface area contributed by atoms with Crippen molar-refractivity contribution in [1.29, 1.82) is 0 Å². The lowest BCUT2D eigenvalue weighted by Crippen LogP contribution is -2.13.